The standard InChI is InChI=1S/C19H29N3O4.C2H4O2/c1-24-17-3-2-15(14-18(17)26-13-6-20)19(23)22-9-7-21(8-10-22)16-4-11-25-12-5-16;1-2(3)4/h2-3,14,16H,4-13,20H2,1H3;1H3,(H,3,4). The van der Waals surface area contributed by atoms with Crippen LogP contribution in [0.1, 0.15) is 30.1 Å². The molecule has 2 heterocycles. The van der Waals surface area contributed by atoms with Crippen molar-refractivity contribution in [1.82, 2.24) is 9.80 Å². The fraction of sp³-hybridized carbons (Fsp3) is 0.619. The Morgan fingerprint density at radius 1 is 1.17 bits per heavy atom. The van der Waals surface area contributed by atoms with E-state index in [1.165, 1.54) is 0 Å². The van der Waals surface area contributed by atoms with E-state index in [1.807, 2.05) is 4.90 Å². The summed E-state index contributed by atoms with van der Waals surface area (Å²) >= 11 is 0. The number of benzene rings is 1. The van der Waals surface area contributed by atoms with E-state index >= 15 is 0 Å². The number of piperazine rings is 1. The minimum atomic E-state index is -0.833. The number of carboxylic acids is 1. The first-order valence-electron chi connectivity index (χ1n) is 10.3. The fourth-order valence-electron chi connectivity index (χ4n) is 3.61. The average molecular weight is 424 g/mol. The van der Waals surface area contributed by atoms with Gasteiger partial charge >= 0.3 is 0 Å². The van der Waals surface area contributed by atoms with Gasteiger partial charge in [0.15, 0.2) is 11.5 Å². The largest absolute Gasteiger partial charge is 0.493 e. The highest BCUT2D eigenvalue weighted by molar-refractivity contribution is 5.95. The molecule has 0 aliphatic carbocycles. The lowest BCUT2D eigenvalue weighted by Crippen LogP contribution is -2.53. The van der Waals surface area contributed by atoms with Crippen LogP contribution in [0.25, 0.3) is 0 Å². The summed E-state index contributed by atoms with van der Waals surface area (Å²) in [7, 11) is 1.58. The summed E-state index contributed by atoms with van der Waals surface area (Å²) in [5.41, 5.74) is 6.13. The molecule has 2 fully saturated rings. The third-order valence-corrected chi connectivity index (χ3v) is 5.09. The molecule has 3 N–H and O–H groups in total. The molecule has 0 saturated carbocycles. The quantitative estimate of drug-likeness (QED) is 0.698. The van der Waals surface area contributed by atoms with Gasteiger partial charge in [-0.05, 0) is 31.0 Å². The molecular weight excluding hydrogens is 390 g/mol. The molecule has 1 amide bonds. The number of nitrogens with two attached hydrogens (primary N) is 1. The van der Waals surface area contributed by atoms with E-state index in [0.29, 0.717) is 36.3 Å². The van der Waals surface area contributed by atoms with Gasteiger partial charge in [-0.1, -0.05) is 0 Å². The lowest BCUT2D eigenvalue weighted by molar-refractivity contribution is -0.134. The molecule has 3 rings (SSSR count). The third kappa shape index (κ3) is 7.16. The number of carbonyl (C=O) groups is 2. The summed E-state index contributed by atoms with van der Waals surface area (Å²) in [5, 5.41) is 7.42. The van der Waals surface area contributed by atoms with Crippen molar-refractivity contribution in [2.24, 2.45) is 5.73 Å². The maximum Gasteiger partial charge on any atom is 0.300 e. The first-order chi connectivity index (χ1) is 14.5. The van der Waals surface area contributed by atoms with E-state index in [2.05, 4.69) is 4.90 Å². The van der Waals surface area contributed by atoms with Crippen LogP contribution in [-0.2, 0) is 9.53 Å². The number of methoxy groups -OCH3 is 1. The molecule has 1 aromatic rings. The molecule has 1 aromatic carbocycles. The molecule has 0 atom stereocenters. The Bertz CT molecular complexity index is 681. The first-order valence-corrected chi connectivity index (χ1v) is 10.3. The molecule has 30 heavy (non-hydrogen) atoms. The van der Waals surface area contributed by atoms with E-state index in [1.54, 1.807) is 25.3 Å². The van der Waals surface area contributed by atoms with Crippen LogP contribution in [0.2, 0.25) is 0 Å². The van der Waals surface area contributed by atoms with Crippen LogP contribution in [0.5, 0.6) is 11.5 Å². The Kier molecular flexibility index (Phi) is 9.85. The third-order valence-electron chi connectivity index (χ3n) is 5.09. The summed E-state index contributed by atoms with van der Waals surface area (Å²) in [5.74, 6) is 0.376. The van der Waals surface area contributed by atoms with Crippen molar-refractivity contribution in [1.29, 1.82) is 0 Å². The molecule has 0 unspecified atom stereocenters. The topological polar surface area (TPSA) is 115 Å². The molecule has 9 nitrogen and oxygen atoms in total. The Labute approximate surface area is 177 Å². The predicted molar refractivity (Wildman–Crippen MR) is 112 cm³/mol. The van der Waals surface area contributed by atoms with Crippen LogP contribution in [-0.4, -0.2) is 92.5 Å². The van der Waals surface area contributed by atoms with Crippen molar-refractivity contribution in [3.8, 4) is 11.5 Å². The summed E-state index contributed by atoms with van der Waals surface area (Å²) in [6, 6.07) is 5.92. The molecule has 0 spiro atoms. The number of aliphatic carboxylic acids is 1. The first kappa shape index (κ1) is 23.9. The Morgan fingerprint density at radius 2 is 1.80 bits per heavy atom. The molecule has 2 aliphatic rings. The van der Waals surface area contributed by atoms with Crippen LogP contribution in [0.3, 0.4) is 0 Å². The molecular formula is C21H33N3O6. The van der Waals surface area contributed by atoms with Crippen LogP contribution in [0.4, 0.5) is 0 Å². The van der Waals surface area contributed by atoms with Gasteiger partial charge in [0.05, 0.1) is 7.11 Å². The lowest BCUT2D eigenvalue weighted by Gasteiger charge is -2.40. The number of nitrogens with zero attached hydrogens (tertiary/aromatic N) is 2. The second kappa shape index (κ2) is 12.4. The maximum atomic E-state index is 12.9. The van der Waals surface area contributed by atoms with Crippen molar-refractivity contribution >= 4 is 11.9 Å². The molecule has 2 saturated heterocycles. The molecule has 168 valence electrons. The van der Waals surface area contributed by atoms with E-state index < -0.39 is 5.97 Å². The van der Waals surface area contributed by atoms with Crippen LogP contribution in [0, 0.1) is 0 Å². The van der Waals surface area contributed by atoms with Gasteiger partial charge in [-0.2, -0.15) is 0 Å². The number of rotatable bonds is 6. The minimum Gasteiger partial charge on any atom is -0.493 e. The van der Waals surface area contributed by atoms with Gasteiger partial charge in [0.2, 0.25) is 0 Å². The highest BCUT2D eigenvalue weighted by atomic mass is 16.5. The molecule has 9 heteroatoms. The lowest BCUT2D eigenvalue weighted by atomic mass is 10.1. The molecule has 0 aromatic heterocycles. The van der Waals surface area contributed by atoms with Crippen LogP contribution in [0.15, 0.2) is 18.2 Å². The second-order valence-electron chi connectivity index (χ2n) is 7.19. The molecule has 2 aliphatic heterocycles. The normalized spacial score (nSPS) is 17.6. The maximum absolute atomic E-state index is 12.9. The van der Waals surface area contributed by atoms with Gasteiger partial charge in [0, 0.05) is 64.5 Å². The van der Waals surface area contributed by atoms with Gasteiger partial charge in [0.25, 0.3) is 11.9 Å². The van der Waals surface area contributed by atoms with E-state index in [0.717, 1.165) is 59.2 Å². The van der Waals surface area contributed by atoms with Crippen molar-refractivity contribution in [3.63, 3.8) is 0 Å². The van der Waals surface area contributed by atoms with E-state index in [-0.39, 0.29) is 5.91 Å². The van der Waals surface area contributed by atoms with Gasteiger partial charge in [-0.25, -0.2) is 0 Å². The number of amides is 1. The van der Waals surface area contributed by atoms with Gasteiger partial charge in [-0.15, -0.1) is 0 Å². The van der Waals surface area contributed by atoms with Crippen molar-refractivity contribution < 1.29 is 28.9 Å². The Balaban J connectivity index is 0.000000735. The summed E-state index contributed by atoms with van der Waals surface area (Å²) in [6.07, 6.45) is 2.18. The van der Waals surface area contributed by atoms with Gasteiger partial charge in [-0.3, -0.25) is 14.5 Å². The zero-order chi connectivity index (χ0) is 21.9. The molecule has 0 bridgehead atoms. The Hall–Kier alpha value is -2.36. The monoisotopic (exact) mass is 423 g/mol. The summed E-state index contributed by atoms with van der Waals surface area (Å²) in [4.78, 5) is 26.3. The molecule has 0 radical (unpaired) electrons. The number of hydrogen-bond acceptors (Lipinski definition) is 7. The average Bonchev–Trinajstić information content (AvgIpc) is 2.77. The summed E-state index contributed by atoms with van der Waals surface area (Å²) in [6.45, 7) is 6.92. The van der Waals surface area contributed by atoms with Crippen molar-refractivity contribution in [2.45, 2.75) is 25.8 Å². The van der Waals surface area contributed by atoms with Crippen molar-refractivity contribution in [2.75, 3.05) is 59.7 Å². The SMILES string of the molecule is CC(=O)O.COc1ccc(C(=O)N2CCN(C3CCOCC3)CC2)cc1OCCN. The van der Waals surface area contributed by atoms with Gasteiger partial charge in [0.1, 0.15) is 6.61 Å². The minimum absolute atomic E-state index is 0.0388. The van der Waals surface area contributed by atoms with E-state index in [4.69, 9.17) is 29.8 Å². The zero-order valence-corrected chi connectivity index (χ0v) is 17.8. The number of ether oxygens (including phenoxy) is 3. The second-order valence-corrected chi connectivity index (χ2v) is 7.19. The van der Waals surface area contributed by atoms with E-state index in [9.17, 15) is 4.79 Å². The number of hydrogen-bond donors (Lipinski definition) is 2. The highest BCUT2D eigenvalue weighted by Gasteiger charge is 2.28. The van der Waals surface area contributed by atoms with Crippen molar-refractivity contribution in [3.05, 3.63) is 23.8 Å². The Morgan fingerprint density at radius 3 is 2.37 bits per heavy atom. The smallest absolute Gasteiger partial charge is 0.300 e. The number of carbonyl (C=O) groups excluding carboxylic acids is 1. The van der Waals surface area contributed by atoms with Gasteiger partial charge < -0.3 is 30.0 Å². The fourth-order valence-corrected chi connectivity index (χ4v) is 3.61. The van der Waals surface area contributed by atoms with Crippen LogP contribution >= 0.6 is 0 Å². The highest BCUT2D eigenvalue weighted by Crippen LogP contribution is 2.29. The summed E-state index contributed by atoms with van der Waals surface area (Å²) < 4.78 is 16.4. The predicted octanol–water partition coefficient (Wildman–Crippen LogP) is 1.06. The zero-order valence-electron chi connectivity index (χ0n) is 17.8. The number of carboxylic acid groups (broad SMARTS) is 1. The van der Waals surface area contributed by atoms with Crippen LogP contribution < -0.4 is 15.2 Å².